The lowest BCUT2D eigenvalue weighted by molar-refractivity contribution is 0.0926. The van der Waals surface area contributed by atoms with E-state index in [4.69, 9.17) is 11.6 Å². The Morgan fingerprint density at radius 2 is 1.77 bits per heavy atom. The standard InChI is InChI=1S/C22H27ClFN5O.ClH/c1-14-25-20(13-21(26-14)29-10-2-3-11-29)27-16-5-7-17(8-6-16)28-22(30)15-4-9-19(24)18(23)12-15;/h4,9,12-13,16-17H,2-3,5-8,10-11H2,1H3,(H,28,30)(H,25,26,27);1H/t16-,17+;. The predicted molar refractivity (Wildman–Crippen MR) is 124 cm³/mol. The van der Waals surface area contributed by atoms with Crippen LogP contribution in [0, 0.1) is 12.7 Å². The number of aromatic nitrogens is 2. The van der Waals surface area contributed by atoms with Crippen LogP contribution in [0.15, 0.2) is 24.3 Å². The Morgan fingerprint density at radius 3 is 2.45 bits per heavy atom. The summed E-state index contributed by atoms with van der Waals surface area (Å²) in [6.45, 7) is 4.04. The van der Waals surface area contributed by atoms with Gasteiger partial charge in [0.15, 0.2) is 0 Å². The minimum Gasteiger partial charge on any atom is -0.367 e. The van der Waals surface area contributed by atoms with Gasteiger partial charge in [0.25, 0.3) is 5.91 Å². The molecular weight excluding hydrogens is 440 g/mol. The number of nitrogens with zero attached hydrogens (tertiary/aromatic N) is 3. The molecule has 0 radical (unpaired) electrons. The van der Waals surface area contributed by atoms with Gasteiger partial charge in [0, 0.05) is 36.8 Å². The number of hydrogen-bond acceptors (Lipinski definition) is 5. The van der Waals surface area contributed by atoms with Crippen LogP contribution in [0.25, 0.3) is 0 Å². The minimum absolute atomic E-state index is 0. The molecule has 0 atom stereocenters. The van der Waals surface area contributed by atoms with Crippen LogP contribution in [-0.4, -0.2) is 41.0 Å². The van der Waals surface area contributed by atoms with Gasteiger partial charge in [-0.2, -0.15) is 0 Å². The van der Waals surface area contributed by atoms with E-state index in [0.29, 0.717) is 11.6 Å². The summed E-state index contributed by atoms with van der Waals surface area (Å²) in [4.78, 5) is 23.9. The first-order chi connectivity index (χ1) is 14.5. The van der Waals surface area contributed by atoms with Crippen LogP contribution in [-0.2, 0) is 0 Å². The molecule has 6 nitrogen and oxygen atoms in total. The Balaban J connectivity index is 0.00000272. The van der Waals surface area contributed by atoms with Gasteiger partial charge in [-0.3, -0.25) is 4.79 Å². The van der Waals surface area contributed by atoms with Crippen LogP contribution in [0.4, 0.5) is 16.0 Å². The minimum atomic E-state index is -0.521. The van der Waals surface area contributed by atoms with Crippen LogP contribution in [0.3, 0.4) is 0 Å². The summed E-state index contributed by atoms with van der Waals surface area (Å²) in [5, 5.41) is 6.56. The molecule has 1 aromatic carbocycles. The average molecular weight is 468 g/mol. The Morgan fingerprint density at radius 1 is 1.10 bits per heavy atom. The molecule has 0 unspecified atom stereocenters. The van der Waals surface area contributed by atoms with Gasteiger partial charge in [-0.05, 0) is 63.6 Å². The van der Waals surface area contributed by atoms with E-state index in [1.54, 1.807) is 0 Å². The molecule has 0 spiro atoms. The molecule has 1 aliphatic carbocycles. The lowest BCUT2D eigenvalue weighted by atomic mass is 9.91. The Labute approximate surface area is 193 Å². The SMILES string of the molecule is Cc1nc(N[C@H]2CC[C@@H](NC(=O)c3ccc(F)c(Cl)c3)CC2)cc(N2CCCC2)n1.Cl. The zero-order chi connectivity index (χ0) is 21.1. The van der Waals surface area contributed by atoms with Crippen molar-refractivity contribution in [3.05, 3.63) is 46.5 Å². The number of carbonyl (C=O) groups excluding carboxylic acids is 1. The summed E-state index contributed by atoms with van der Waals surface area (Å²) in [5.41, 5.74) is 0.382. The third-order valence-corrected chi connectivity index (χ3v) is 6.14. The maximum atomic E-state index is 13.3. The van der Waals surface area contributed by atoms with Gasteiger partial charge in [-0.25, -0.2) is 14.4 Å². The van der Waals surface area contributed by atoms with Crippen molar-refractivity contribution < 1.29 is 9.18 Å². The molecule has 31 heavy (non-hydrogen) atoms. The quantitative estimate of drug-likeness (QED) is 0.663. The molecule has 1 aliphatic heterocycles. The first kappa shape index (κ1) is 23.5. The van der Waals surface area contributed by atoms with Crippen molar-refractivity contribution in [2.24, 2.45) is 0 Å². The molecule has 2 aromatic rings. The van der Waals surface area contributed by atoms with E-state index < -0.39 is 5.82 Å². The highest BCUT2D eigenvalue weighted by Gasteiger charge is 2.24. The van der Waals surface area contributed by atoms with Crippen molar-refractivity contribution in [3.63, 3.8) is 0 Å². The summed E-state index contributed by atoms with van der Waals surface area (Å²) in [7, 11) is 0. The lowest BCUT2D eigenvalue weighted by Crippen LogP contribution is -2.40. The maximum absolute atomic E-state index is 13.3. The third-order valence-electron chi connectivity index (χ3n) is 5.85. The highest BCUT2D eigenvalue weighted by Crippen LogP contribution is 2.25. The number of halogens is 3. The van der Waals surface area contributed by atoms with E-state index in [-0.39, 0.29) is 29.4 Å². The van der Waals surface area contributed by atoms with Gasteiger partial charge in [0.05, 0.1) is 5.02 Å². The van der Waals surface area contributed by atoms with E-state index >= 15 is 0 Å². The summed E-state index contributed by atoms with van der Waals surface area (Å²) in [6, 6.07) is 6.52. The Hall–Kier alpha value is -2.12. The maximum Gasteiger partial charge on any atom is 0.251 e. The zero-order valence-corrected chi connectivity index (χ0v) is 19.1. The number of hydrogen-bond donors (Lipinski definition) is 2. The fourth-order valence-corrected chi connectivity index (χ4v) is 4.41. The lowest BCUT2D eigenvalue weighted by Gasteiger charge is -2.30. The van der Waals surface area contributed by atoms with Crippen LogP contribution >= 0.6 is 24.0 Å². The second-order valence-electron chi connectivity index (χ2n) is 8.15. The molecule has 2 aliphatic rings. The van der Waals surface area contributed by atoms with Crippen molar-refractivity contribution in [2.75, 3.05) is 23.3 Å². The van der Waals surface area contributed by atoms with E-state index in [1.807, 2.05) is 13.0 Å². The van der Waals surface area contributed by atoms with E-state index in [1.165, 1.54) is 31.0 Å². The smallest absolute Gasteiger partial charge is 0.251 e. The number of benzene rings is 1. The number of nitrogens with one attached hydrogen (secondary N) is 2. The molecule has 168 valence electrons. The number of amides is 1. The molecule has 9 heteroatoms. The fraction of sp³-hybridized carbons (Fsp3) is 0.500. The molecule has 2 fully saturated rings. The normalized spacial score (nSPS) is 20.8. The third kappa shape index (κ3) is 5.98. The summed E-state index contributed by atoms with van der Waals surface area (Å²) in [5.74, 6) is 1.92. The van der Waals surface area contributed by atoms with Crippen LogP contribution in [0.1, 0.15) is 54.7 Å². The van der Waals surface area contributed by atoms with Gasteiger partial charge in [0.1, 0.15) is 23.3 Å². The highest BCUT2D eigenvalue weighted by atomic mass is 35.5. The van der Waals surface area contributed by atoms with Gasteiger partial charge in [0.2, 0.25) is 0 Å². The van der Waals surface area contributed by atoms with Gasteiger partial charge in [-0.1, -0.05) is 11.6 Å². The first-order valence-corrected chi connectivity index (χ1v) is 11.0. The monoisotopic (exact) mass is 467 g/mol. The van der Waals surface area contributed by atoms with Gasteiger partial charge >= 0.3 is 0 Å². The summed E-state index contributed by atoms with van der Waals surface area (Å²) < 4.78 is 13.3. The van der Waals surface area contributed by atoms with E-state index in [9.17, 15) is 9.18 Å². The van der Waals surface area contributed by atoms with Crippen molar-refractivity contribution in [1.29, 1.82) is 0 Å². The highest BCUT2D eigenvalue weighted by molar-refractivity contribution is 6.31. The molecule has 1 saturated heterocycles. The van der Waals surface area contributed by atoms with Crippen LogP contribution in [0.2, 0.25) is 5.02 Å². The Kier molecular flexibility index (Phi) is 7.94. The second-order valence-corrected chi connectivity index (χ2v) is 8.56. The largest absolute Gasteiger partial charge is 0.367 e. The second kappa shape index (κ2) is 10.5. The molecule has 2 N–H and O–H groups in total. The first-order valence-electron chi connectivity index (χ1n) is 10.6. The number of aryl methyl sites for hydroxylation is 1. The zero-order valence-electron chi connectivity index (χ0n) is 17.5. The molecular formula is C22H28Cl2FN5O. The van der Waals surface area contributed by atoms with Crippen molar-refractivity contribution in [2.45, 2.75) is 57.5 Å². The number of carbonyl (C=O) groups is 1. The topological polar surface area (TPSA) is 70.2 Å². The molecule has 1 aromatic heterocycles. The number of anilines is 2. The summed E-state index contributed by atoms with van der Waals surface area (Å²) >= 11 is 5.78. The Bertz CT molecular complexity index is 915. The predicted octanol–water partition coefficient (Wildman–Crippen LogP) is 4.75. The molecule has 1 amide bonds. The number of rotatable bonds is 5. The molecule has 1 saturated carbocycles. The summed E-state index contributed by atoms with van der Waals surface area (Å²) in [6.07, 6.45) is 6.06. The van der Waals surface area contributed by atoms with E-state index in [2.05, 4.69) is 25.5 Å². The van der Waals surface area contributed by atoms with Crippen molar-refractivity contribution >= 4 is 41.6 Å². The van der Waals surface area contributed by atoms with Crippen LogP contribution < -0.4 is 15.5 Å². The molecule has 0 bridgehead atoms. The van der Waals surface area contributed by atoms with E-state index in [0.717, 1.165) is 56.2 Å². The van der Waals surface area contributed by atoms with Gasteiger partial charge < -0.3 is 15.5 Å². The van der Waals surface area contributed by atoms with Crippen molar-refractivity contribution in [3.8, 4) is 0 Å². The molecule has 4 rings (SSSR count). The van der Waals surface area contributed by atoms with Crippen molar-refractivity contribution in [1.82, 2.24) is 15.3 Å². The fourth-order valence-electron chi connectivity index (χ4n) is 4.23. The average Bonchev–Trinajstić information content (AvgIpc) is 3.26. The molecule has 2 heterocycles. The van der Waals surface area contributed by atoms with Crippen LogP contribution in [0.5, 0.6) is 0 Å². The van der Waals surface area contributed by atoms with Gasteiger partial charge in [-0.15, -0.1) is 12.4 Å².